The molecule has 0 aliphatic carbocycles. The van der Waals surface area contributed by atoms with Gasteiger partial charge in [0.15, 0.2) is 0 Å². The molecule has 0 saturated heterocycles. The van der Waals surface area contributed by atoms with Gasteiger partial charge in [-0.25, -0.2) is 0 Å². The number of nitrogens with zero attached hydrogens (tertiary/aromatic N) is 2. The van der Waals surface area contributed by atoms with Gasteiger partial charge in [0, 0.05) is 0 Å². The lowest BCUT2D eigenvalue weighted by molar-refractivity contribution is 0.986. The molecule has 0 aliphatic rings. The number of rotatable bonds is 3. The van der Waals surface area contributed by atoms with Gasteiger partial charge in [0.2, 0.25) is 0 Å². The zero-order chi connectivity index (χ0) is 5.54. The third-order valence-corrected chi connectivity index (χ3v) is 0.493. The van der Waals surface area contributed by atoms with E-state index in [0.29, 0.717) is 13.1 Å². The third kappa shape index (κ3) is 5.14. The van der Waals surface area contributed by atoms with Crippen molar-refractivity contribution in [1.82, 2.24) is 0 Å². The average molecular weight is 99.1 g/mol. The van der Waals surface area contributed by atoms with Crippen LogP contribution in [0.5, 0.6) is 0 Å². The van der Waals surface area contributed by atoms with E-state index in [1.165, 1.54) is 6.34 Å². The van der Waals surface area contributed by atoms with Gasteiger partial charge in [-0.15, -0.1) is 0 Å². The predicted octanol–water partition coefficient (Wildman–Crippen LogP) is -0.326. The van der Waals surface area contributed by atoms with Crippen LogP contribution >= 0.6 is 0 Å². The molecule has 0 spiro atoms. The van der Waals surface area contributed by atoms with E-state index < -0.39 is 0 Å². The molecule has 0 aliphatic heterocycles. The summed E-state index contributed by atoms with van der Waals surface area (Å²) in [5.41, 5.74) is 4.92. The second kappa shape index (κ2) is 5.14. The van der Waals surface area contributed by atoms with Gasteiger partial charge < -0.3 is 5.73 Å². The molecule has 0 bridgehead atoms. The molecule has 0 radical (unpaired) electrons. The number of hydrogen-bond donors (Lipinski definition) is 1. The Balaban J connectivity index is 2.82. The second-order valence-corrected chi connectivity index (χ2v) is 1.00. The Kier molecular flexibility index (Phi) is 4.51. The van der Waals surface area contributed by atoms with Crippen molar-refractivity contribution in [2.24, 2.45) is 15.7 Å². The molecule has 0 rings (SSSR count). The summed E-state index contributed by atoms with van der Waals surface area (Å²) in [6.07, 6.45) is 1.27. The first-order chi connectivity index (χ1) is 3.41. The Bertz CT molecular complexity index is 67.3. The first-order valence-corrected chi connectivity index (χ1v) is 2.04. The number of hydrogen-bond acceptors (Lipinski definition) is 2. The average Bonchev–Trinajstić information content (AvgIpc) is 1.69. The van der Waals surface area contributed by atoms with Gasteiger partial charge in [-0.05, 0) is 6.72 Å². The molecule has 3 nitrogen and oxygen atoms in total. The first kappa shape index (κ1) is 6.14. The number of aliphatic imine (C=N–C) groups is 2. The van der Waals surface area contributed by atoms with E-state index in [-0.39, 0.29) is 0 Å². The van der Waals surface area contributed by atoms with E-state index in [0.717, 1.165) is 0 Å². The minimum absolute atomic E-state index is 0.653. The fourth-order valence-corrected chi connectivity index (χ4v) is 0.203. The minimum atomic E-state index is 0.653. The Hall–Kier alpha value is -0.860. The van der Waals surface area contributed by atoms with E-state index in [1.54, 1.807) is 0 Å². The molecule has 0 amide bonds. The van der Waals surface area contributed by atoms with Crippen molar-refractivity contribution in [3.8, 4) is 0 Å². The van der Waals surface area contributed by atoms with E-state index in [9.17, 15) is 0 Å². The van der Waals surface area contributed by atoms with E-state index in [1.807, 2.05) is 0 Å². The summed E-state index contributed by atoms with van der Waals surface area (Å²) >= 11 is 0. The summed E-state index contributed by atoms with van der Waals surface area (Å²) in [5.74, 6) is 0. The maximum atomic E-state index is 4.92. The summed E-state index contributed by atoms with van der Waals surface area (Å²) in [6.45, 7) is 4.58. The lowest BCUT2D eigenvalue weighted by Crippen LogP contribution is -1.92. The Labute approximate surface area is 43.0 Å². The highest BCUT2D eigenvalue weighted by atomic mass is 14.8. The van der Waals surface area contributed by atoms with Gasteiger partial charge in [0.1, 0.15) is 0 Å². The predicted molar refractivity (Wildman–Crippen MR) is 32.0 cm³/mol. The van der Waals surface area contributed by atoms with Crippen LogP contribution < -0.4 is 5.73 Å². The molecule has 0 heterocycles. The number of nitrogens with two attached hydrogens (primary N) is 1. The second-order valence-electron chi connectivity index (χ2n) is 1.00. The van der Waals surface area contributed by atoms with Crippen LogP contribution in [0.15, 0.2) is 9.98 Å². The van der Waals surface area contributed by atoms with Gasteiger partial charge in [-0.3, -0.25) is 9.98 Å². The van der Waals surface area contributed by atoms with Crippen molar-refractivity contribution in [3.05, 3.63) is 0 Å². The van der Waals surface area contributed by atoms with E-state index >= 15 is 0 Å². The Morgan fingerprint density at radius 2 is 2.29 bits per heavy atom. The van der Waals surface area contributed by atoms with Crippen molar-refractivity contribution in [3.63, 3.8) is 0 Å². The monoisotopic (exact) mass is 99.1 g/mol. The summed E-state index contributed by atoms with van der Waals surface area (Å²) in [6, 6.07) is 0. The fourth-order valence-electron chi connectivity index (χ4n) is 0.203. The van der Waals surface area contributed by atoms with Crippen LogP contribution in [-0.4, -0.2) is 26.1 Å². The van der Waals surface area contributed by atoms with Crippen molar-refractivity contribution in [1.29, 1.82) is 0 Å². The fraction of sp³-hybridized carbons (Fsp3) is 0.500. The summed E-state index contributed by atoms with van der Waals surface area (Å²) in [4.78, 5) is 7.23. The molecule has 0 aromatic heterocycles. The molecule has 0 unspecified atom stereocenters. The highest BCUT2D eigenvalue weighted by Gasteiger charge is 1.69. The van der Waals surface area contributed by atoms with Gasteiger partial charge in [0.05, 0.1) is 19.4 Å². The summed E-state index contributed by atoms with van der Waals surface area (Å²) in [5, 5.41) is 0. The lowest BCUT2D eigenvalue weighted by Gasteiger charge is -1.80. The zero-order valence-corrected chi connectivity index (χ0v) is 4.17. The highest BCUT2D eigenvalue weighted by Crippen LogP contribution is 1.65. The van der Waals surface area contributed by atoms with Crippen LogP contribution in [0.2, 0.25) is 0 Å². The van der Waals surface area contributed by atoms with Crippen LogP contribution in [0.1, 0.15) is 0 Å². The maximum absolute atomic E-state index is 4.92. The quantitative estimate of drug-likeness (QED) is 0.294. The van der Waals surface area contributed by atoms with Crippen molar-refractivity contribution < 1.29 is 0 Å². The molecule has 0 fully saturated rings. The summed E-state index contributed by atoms with van der Waals surface area (Å²) in [7, 11) is 0. The van der Waals surface area contributed by atoms with Crippen molar-refractivity contribution in [2.75, 3.05) is 13.1 Å². The van der Waals surface area contributed by atoms with Crippen LogP contribution in [0.4, 0.5) is 0 Å². The molecule has 0 saturated carbocycles. The van der Waals surface area contributed by atoms with Gasteiger partial charge in [-0.2, -0.15) is 0 Å². The zero-order valence-electron chi connectivity index (χ0n) is 4.17. The molecule has 40 valence electrons. The molecule has 7 heavy (non-hydrogen) atoms. The van der Waals surface area contributed by atoms with E-state index in [4.69, 9.17) is 5.73 Å². The first-order valence-electron chi connectivity index (χ1n) is 2.04. The Morgan fingerprint density at radius 1 is 1.57 bits per heavy atom. The SMILES string of the molecule is C=NCCN=CN. The largest absolute Gasteiger partial charge is 0.390 e. The third-order valence-electron chi connectivity index (χ3n) is 0.493. The summed E-state index contributed by atoms with van der Waals surface area (Å²) < 4.78 is 0. The van der Waals surface area contributed by atoms with Crippen molar-refractivity contribution >= 4 is 13.1 Å². The van der Waals surface area contributed by atoms with Gasteiger partial charge in [-0.1, -0.05) is 0 Å². The highest BCUT2D eigenvalue weighted by molar-refractivity contribution is 5.51. The van der Waals surface area contributed by atoms with Crippen LogP contribution in [0, 0.1) is 0 Å². The molecule has 3 heteroatoms. The van der Waals surface area contributed by atoms with Crippen LogP contribution in [-0.2, 0) is 0 Å². The maximum Gasteiger partial charge on any atom is 0.0798 e. The molecular formula is C4H9N3. The molecule has 0 aromatic rings. The van der Waals surface area contributed by atoms with Crippen LogP contribution in [0.3, 0.4) is 0 Å². The van der Waals surface area contributed by atoms with Gasteiger partial charge in [0.25, 0.3) is 0 Å². The topological polar surface area (TPSA) is 50.7 Å². The minimum Gasteiger partial charge on any atom is -0.390 e. The molecule has 0 atom stereocenters. The molecule has 2 N–H and O–H groups in total. The Morgan fingerprint density at radius 3 is 2.71 bits per heavy atom. The van der Waals surface area contributed by atoms with Crippen molar-refractivity contribution in [2.45, 2.75) is 0 Å². The molecular weight excluding hydrogens is 90.1 g/mol. The standard InChI is InChI=1S/C4H9N3/c1-6-2-3-7-4-5/h4H,1-3H2,(H2,5,7). The smallest absolute Gasteiger partial charge is 0.0798 e. The molecule has 0 aromatic carbocycles. The van der Waals surface area contributed by atoms with Crippen LogP contribution in [0.25, 0.3) is 0 Å². The van der Waals surface area contributed by atoms with E-state index in [2.05, 4.69) is 16.7 Å². The van der Waals surface area contributed by atoms with Gasteiger partial charge >= 0.3 is 0 Å². The lowest BCUT2D eigenvalue weighted by atomic mass is 10.7. The normalized spacial score (nSPS) is 9.71.